The van der Waals surface area contributed by atoms with Crippen LogP contribution in [0.25, 0.3) is 5.69 Å². The van der Waals surface area contributed by atoms with Gasteiger partial charge in [0.2, 0.25) is 0 Å². The van der Waals surface area contributed by atoms with Gasteiger partial charge in [-0.15, -0.1) is 10.3 Å². The highest BCUT2D eigenvalue weighted by molar-refractivity contribution is 14.1. The van der Waals surface area contributed by atoms with Crippen molar-refractivity contribution < 1.29 is 0 Å². The summed E-state index contributed by atoms with van der Waals surface area (Å²) in [5.41, 5.74) is 25.8. The number of nitrogens with zero attached hydrogens (tertiary/aromatic N) is 9. The number of halogens is 1. The number of hydrazine groups is 2. The number of H-pyrrole nitrogens is 1. The predicted octanol–water partition coefficient (Wildman–Crippen LogP) is 1.28. The summed E-state index contributed by atoms with van der Waals surface area (Å²) in [5, 5.41) is 19.0. The highest BCUT2D eigenvalue weighted by Crippen LogP contribution is 2.14. The lowest BCUT2D eigenvalue weighted by atomic mass is 10.4. The molecule has 0 bridgehead atoms. The van der Waals surface area contributed by atoms with Crippen LogP contribution in [-0.2, 0) is 0 Å². The van der Waals surface area contributed by atoms with E-state index in [0.29, 0.717) is 11.4 Å². The molecule has 1 aliphatic rings. The SMILES string of the molecule is Nc1cncc(-n2nccn2)c1.Nc1cncc(I)c1.Nc1cncc(N2C=CNN2)c1.c1cn[nH]n1. The van der Waals surface area contributed by atoms with Crippen LogP contribution in [0.1, 0.15) is 0 Å². The summed E-state index contributed by atoms with van der Waals surface area (Å²) in [5.74, 6) is 0. The standard InChI is InChI=1S/C7H9N5.C7H7N5.C5H5IN2.C2H3N3/c8-6-3-7(5-9-4-6)12-2-1-10-11-12;8-6-3-7(5-9-4-6)12-10-1-2-11-12;6-4-1-5(7)3-8-2-4;1-2-4-5-3-1/h1-5,10-11H,8H2;1-5H,8H2;1-3H,7H2;1-2H,(H,3,4,5). The predicted molar refractivity (Wildman–Crippen MR) is 148 cm³/mol. The Kier molecular flexibility index (Phi) is 10.5. The van der Waals surface area contributed by atoms with Gasteiger partial charge in [-0.3, -0.25) is 20.0 Å². The van der Waals surface area contributed by atoms with Crippen molar-refractivity contribution in [2.24, 2.45) is 0 Å². The monoisotopic (exact) mass is 613 g/mol. The largest absolute Gasteiger partial charge is 0.397 e. The van der Waals surface area contributed by atoms with Crippen molar-refractivity contribution >= 4 is 45.3 Å². The van der Waals surface area contributed by atoms with E-state index in [9.17, 15) is 0 Å². The first kappa shape index (κ1) is 26.8. The third kappa shape index (κ3) is 9.74. The number of hydrogen-bond donors (Lipinski definition) is 6. The number of rotatable bonds is 2. The maximum atomic E-state index is 5.56. The first-order valence-electron chi connectivity index (χ1n) is 10.4. The number of hydrogen-bond acceptors (Lipinski definition) is 13. The summed E-state index contributed by atoms with van der Waals surface area (Å²) in [7, 11) is 0. The Balaban J connectivity index is 0.000000144. The average molecular weight is 613 g/mol. The van der Waals surface area contributed by atoms with Gasteiger partial charge in [-0.05, 0) is 40.8 Å². The van der Waals surface area contributed by atoms with Gasteiger partial charge in [0, 0.05) is 40.8 Å². The van der Waals surface area contributed by atoms with Crippen LogP contribution in [0.3, 0.4) is 0 Å². The number of pyridine rings is 3. The van der Waals surface area contributed by atoms with Gasteiger partial charge in [0.25, 0.3) is 0 Å². The molecule has 0 spiro atoms. The minimum Gasteiger partial charge on any atom is -0.397 e. The van der Waals surface area contributed by atoms with Crippen LogP contribution in [0.15, 0.2) is 92.6 Å². The minimum absolute atomic E-state index is 0.602. The zero-order chi connectivity index (χ0) is 26.3. The fourth-order valence-corrected chi connectivity index (χ4v) is 3.00. The van der Waals surface area contributed by atoms with Crippen molar-refractivity contribution in [2.75, 3.05) is 22.2 Å². The Labute approximate surface area is 225 Å². The maximum absolute atomic E-state index is 5.56. The smallest absolute Gasteiger partial charge is 0.106 e. The number of aromatic amines is 1. The fraction of sp³-hybridized carbons (Fsp3) is 0. The molecule has 5 aromatic rings. The second-order valence-corrected chi connectivity index (χ2v) is 8.05. The van der Waals surface area contributed by atoms with Crippen molar-refractivity contribution in [2.45, 2.75) is 0 Å². The summed E-state index contributed by atoms with van der Waals surface area (Å²) in [6.07, 6.45) is 19.9. The summed E-state index contributed by atoms with van der Waals surface area (Å²) in [4.78, 5) is 13.2. The molecule has 6 rings (SSSR count). The van der Waals surface area contributed by atoms with E-state index in [-0.39, 0.29) is 0 Å². The summed E-state index contributed by atoms with van der Waals surface area (Å²) < 4.78 is 1.07. The first-order valence-corrected chi connectivity index (χ1v) is 11.5. The Morgan fingerprint density at radius 1 is 0.676 bits per heavy atom. The van der Waals surface area contributed by atoms with Crippen LogP contribution in [-0.4, -0.2) is 45.4 Å². The second-order valence-electron chi connectivity index (χ2n) is 6.81. The van der Waals surface area contributed by atoms with Gasteiger partial charge >= 0.3 is 0 Å². The molecule has 0 saturated heterocycles. The molecule has 6 heterocycles. The molecule has 0 unspecified atom stereocenters. The average Bonchev–Trinajstić information content (AvgIpc) is 3.70. The van der Waals surface area contributed by atoms with E-state index in [1.807, 2.05) is 18.3 Å². The van der Waals surface area contributed by atoms with E-state index >= 15 is 0 Å². The number of nitrogens with one attached hydrogen (secondary N) is 3. The molecule has 0 aliphatic carbocycles. The first-order chi connectivity index (χ1) is 18.0. The van der Waals surface area contributed by atoms with Crippen LogP contribution < -0.4 is 33.2 Å². The molecule has 0 amide bonds. The number of nitrogen functional groups attached to an aromatic ring is 3. The molecule has 37 heavy (non-hydrogen) atoms. The number of anilines is 4. The lowest BCUT2D eigenvalue weighted by Crippen LogP contribution is -2.35. The van der Waals surface area contributed by atoms with E-state index in [4.69, 9.17) is 17.2 Å². The van der Waals surface area contributed by atoms with E-state index in [1.165, 1.54) is 4.80 Å². The topological polar surface area (TPSA) is 216 Å². The normalized spacial score (nSPS) is 11.1. The molecule has 16 heteroatoms. The van der Waals surface area contributed by atoms with Gasteiger partial charge in [0.05, 0.1) is 59.9 Å². The zero-order valence-electron chi connectivity index (χ0n) is 19.3. The summed E-state index contributed by atoms with van der Waals surface area (Å²) in [6, 6.07) is 5.46. The van der Waals surface area contributed by atoms with Crippen molar-refractivity contribution in [3.05, 3.63) is 96.1 Å². The molecule has 1 aliphatic heterocycles. The van der Waals surface area contributed by atoms with Gasteiger partial charge in [-0.25, -0.2) is 0 Å². The quantitative estimate of drug-likeness (QED) is 0.155. The van der Waals surface area contributed by atoms with E-state index in [1.54, 1.807) is 79.2 Å². The van der Waals surface area contributed by atoms with E-state index < -0.39 is 0 Å². The molecule has 0 radical (unpaired) electrons. The number of aromatic nitrogens is 9. The second kappa shape index (κ2) is 14.5. The van der Waals surface area contributed by atoms with Gasteiger partial charge in [-0.1, -0.05) is 0 Å². The van der Waals surface area contributed by atoms with Crippen LogP contribution >= 0.6 is 22.6 Å². The summed E-state index contributed by atoms with van der Waals surface area (Å²) >= 11 is 2.16. The molecule has 0 fully saturated rings. The molecular formula is C21H24IN15. The van der Waals surface area contributed by atoms with Crippen molar-refractivity contribution in [1.29, 1.82) is 0 Å². The molecular weight excluding hydrogens is 589 g/mol. The minimum atomic E-state index is 0.602. The molecule has 5 aromatic heterocycles. The number of nitrogens with two attached hydrogens (primary N) is 3. The molecule has 0 aromatic carbocycles. The molecule has 15 nitrogen and oxygen atoms in total. The highest BCUT2D eigenvalue weighted by atomic mass is 127. The van der Waals surface area contributed by atoms with E-state index in [2.05, 4.69) is 74.1 Å². The maximum Gasteiger partial charge on any atom is 0.106 e. The lowest BCUT2D eigenvalue weighted by Gasteiger charge is -2.14. The van der Waals surface area contributed by atoms with Gasteiger partial charge in [0.1, 0.15) is 5.69 Å². The van der Waals surface area contributed by atoms with Crippen LogP contribution in [0, 0.1) is 3.57 Å². The third-order valence-electron chi connectivity index (χ3n) is 3.97. The Bertz CT molecular complexity index is 1310. The van der Waals surface area contributed by atoms with Gasteiger partial charge < -0.3 is 22.6 Å². The summed E-state index contributed by atoms with van der Waals surface area (Å²) in [6.45, 7) is 0. The third-order valence-corrected chi connectivity index (χ3v) is 4.56. The van der Waals surface area contributed by atoms with Gasteiger partial charge in [0.15, 0.2) is 0 Å². The Morgan fingerprint density at radius 2 is 1.24 bits per heavy atom. The fourth-order valence-electron chi connectivity index (χ4n) is 2.48. The zero-order valence-corrected chi connectivity index (χ0v) is 21.5. The van der Waals surface area contributed by atoms with Crippen molar-refractivity contribution in [3.63, 3.8) is 0 Å². The van der Waals surface area contributed by atoms with Crippen LogP contribution in [0.5, 0.6) is 0 Å². The Morgan fingerprint density at radius 3 is 1.70 bits per heavy atom. The van der Waals surface area contributed by atoms with Crippen LogP contribution in [0.4, 0.5) is 22.7 Å². The highest BCUT2D eigenvalue weighted by Gasteiger charge is 2.05. The van der Waals surface area contributed by atoms with Crippen molar-refractivity contribution in [3.8, 4) is 5.69 Å². The van der Waals surface area contributed by atoms with Crippen LogP contribution in [0.2, 0.25) is 0 Å². The van der Waals surface area contributed by atoms with Gasteiger partial charge in [-0.2, -0.15) is 25.6 Å². The Hall–Kier alpha value is -4.84. The molecule has 0 atom stereocenters. The molecule has 9 N–H and O–H groups in total. The lowest BCUT2D eigenvalue weighted by molar-refractivity contribution is 0.679. The molecule has 190 valence electrons. The van der Waals surface area contributed by atoms with E-state index in [0.717, 1.165) is 20.6 Å². The molecule has 0 saturated carbocycles. The van der Waals surface area contributed by atoms with Crippen molar-refractivity contribution in [1.82, 2.24) is 56.3 Å².